The third-order valence-electron chi connectivity index (χ3n) is 10.4. The lowest BCUT2D eigenvalue weighted by molar-refractivity contribution is -0.145. The highest BCUT2D eigenvalue weighted by molar-refractivity contribution is 6.42. The van der Waals surface area contributed by atoms with E-state index in [9.17, 15) is 9.90 Å². The summed E-state index contributed by atoms with van der Waals surface area (Å²) >= 11 is 12.8. The second-order valence-electron chi connectivity index (χ2n) is 12.9. The number of halogens is 2. The molecular formula is C32H46Cl2N4O2. The third-order valence-corrected chi connectivity index (χ3v) is 11.1. The number of rotatable bonds is 9. The molecule has 1 saturated carbocycles. The van der Waals surface area contributed by atoms with Crippen LogP contribution in [0.1, 0.15) is 88.2 Å². The first kappa shape index (κ1) is 29.9. The molecule has 2 unspecified atom stereocenters. The first-order valence-corrected chi connectivity index (χ1v) is 16.0. The maximum Gasteiger partial charge on any atom is 0.321 e. The number of fused-ring (bicyclic) bond motifs is 2. The van der Waals surface area contributed by atoms with Gasteiger partial charge in [-0.05, 0) is 113 Å². The molecular weight excluding hydrogens is 543 g/mol. The molecule has 0 radical (unpaired) electrons. The summed E-state index contributed by atoms with van der Waals surface area (Å²) in [5.41, 5.74) is 5.88. The number of carbonyl (C=O) groups is 1. The van der Waals surface area contributed by atoms with Crippen molar-refractivity contribution in [3.63, 3.8) is 0 Å². The highest BCUT2D eigenvalue weighted by Crippen LogP contribution is 2.49. The van der Waals surface area contributed by atoms with Gasteiger partial charge in [0.25, 0.3) is 0 Å². The van der Waals surface area contributed by atoms with Gasteiger partial charge in [0.05, 0.1) is 15.7 Å². The van der Waals surface area contributed by atoms with E-state index in [1.54, 1.807) is 0 Å². The number of aliphatic carboxylic acids is 1. The van der Waals surface area contributed by atoms with E-state index in [0.717, 1.165) is 45.4 Å². The Labute approximate surface area is 250 Å². The van der Waals surface area contributed by atoms with Gasteiger partial charge in [-0.3, -0.25) is 14.4 Å². The number of carboxylic acids is 1. The molecule has 2 aliphatic carbocycles. The maximum atomic E-state index is 12.2. The number of likely N-dealkylation sites (N-methyl/N-ethyl adjacent to an activating group) is 1. The fourth-order valence-corrected chi connectivity index (χ4v) is 8.63. The number of benzene rings is 1. The summed E-state index contributed by atoms with van der Waals surface area (Å²) in [7, 11) is 2.00. The van der Waals surface area contributed by atoms with Gasteiger partial charge in [-0.1, -0.05) is 50.0 Å². The van der Waals surface area contributed by atoms with Crippen molar-refractivity contribution in [2.45, 2.75) is 103 Å². The molecule has 3 aliphatic rings. The predicted octanol–water partition coefficient (Wildman–Crippen LogP) is 6.66. The second kappa shape index (κ2) is 11.9. The molecule has 1 saturated heterocycles. The van der Waals surface area contributed by atoms with Crippen LogP contribution in [0.3, 0.4) is 0 Å². The fraction of sp³-hybridized carbons (Fsp3) is 0.688. The molecule has 5 rings (SSSR count). The highest BCUT2D eigenvalue weighted by Gasteiger charge is 2.46. The van der Waals surface area contributed by atoms with Crippen molar-refractivity contribution in [2.24, 2.45) is 11.8 Å². The standard InChI is InChI=1S/C32H46Cl2N4O2/c1-6-28-24-10-11-32(30(24)38(7-2)35-28)12-14-37(15-13-32)19-22-16-23(36(5)29(20(3)4)31(39)40)18-25(22)21-8-9-26(33)27(34)17-21/h8-9,17,20,22-23,25,29H,6-7,10-16,18-19H2,1-5H3,(H,39,40)/t22?,23?,25-,29-/m1/s1. The zero-order valence-corrected chi connectivity index (χ0v) is 26.3. The Morgan fingerprint density at radius 1 is 1.15 bits per heavy atom. The van der Waals surface area contributed by atoms with Crippen LogP contribution in [0.5, 0.6) is 0 Å². The average Bonchev–Trinajstić information content (AvgIpc) is 3.61. The topological polar surface area (TPSA) is 61.6 Å². The van der Waals surface area contributed by atoms with Crippen LogP contribution < -0.4 is 0 Å². The minimum atomic E-state index is -0.734. The minimum absolute atomic E-state index is 0.0457. The molecule has 1 aromatic carbocycles. The van der Waals surface area contributed by atoms with Gasteiger partial charge >= 0.3 is 5.97 Å². The Morgan fingerprint density at radius 3 is 2.48 bits per heavy atom. The number of carboxylic acid groups (broad SMARTS) is 1. The van der Waals surface area contributed by atoms with E-state index < -0.39 is 12.0 Å². The molecule has 0 bridgehead atoms. The lowest BCUT2D eigenvalue weighted by Gasteiger charge is -2.41. The number of aryl methyl sites for hydroxylation is 2. The van der Waals surface area contributed by atoms with Gasteiger partial charge in [-0.15, -0.1) is 0 Å². The molecule has 8 heteroatoms. The van der Waals surface area contributed by atoms with Crippen molar-refractivity contribution in [1.82, 2.24) is 19.6 Å². The quantitative estimate of drug-likeness (QED) is 0.355. The molecule has 1 aliphatic heterocycles. The minimum Gasteiger partial charge on any atom is -0.480 e. The summed E-state index contributed by atoms with van der Waals surface area (Å²) < 4.78 is 2.31. The lowest BCUT2D eigenvalue weighted by Crippen LogP contribution is -2.47. The van der Waals surface area contributed by atoms with Gasteiger partial charge in [0, 0.05) is 30.2 Å². The van der Waals surface area contributed by atoms with Crippen LogP contribution in [-0.2, 0) is 29.6 Å². The van der Waals surface area contributed by atoms with Crippen LogP contribution in [-0.4, -0.2) is 69.4 Å². The number of hydrogen-bond donors (Lipinski definition) is 1. The van der Waals surface area contributed by atoms with E-state index in [1.807, 2.05) is 33.0 Å². The van der Waals surface area contributed by atoms with Crippen molar-refractivity contribution >= 4 is 29.2 Å². The van der Waals surface area contributed by atoms with E-state index >= 15 is 0 Å². The summed E-state index contributed by atoms with van der Waals surface area (Å²) in [5.74, 6) is 0.0741. The van der Waals surface area contributed by atoms with Crippen LogP contribution in [0.25, 0.3) is 0 Å². The first-order chi connectivity index (χ1) is 19.1. The van der Waals surface area contributed by atoms with Crippen molar-refractivity contribution in [1.29, 1.82) is 0 Å². The molecule has 1 aromatic heterocycles. The Kier molecular flexibility index (Phi) is 8.92. The van der Waals surface area contributed by atoms with Crippen molar-refractivity contribution < 1.29 is 9.90 Å². The largest absolute Gasteiger partial charge is 0.480 e. The van der Waals surface area contributed by atoms with Crippen molar-refractivity contribution in [3.05, 3.63) is 50.8 Å². The van der Waals surface area contributed by atoms with E-state index in [2.05, 4.69) is 34.4 Å². The van der Waals surface area contributed by atoms with Gasteiger partial charge in [0.15, 0.2) is 0 Å². The molecule has 2 fully saturated rings. The summed E-state index contributed by atoms with van der Waals surface area (Å²) in [6, 6.07) is 5.79. The maximum absolute atomic E-state index is 12.2. The summed E-state index contributed by atoms with van der Waals surface area (Å²) in [6.45, 7) is 12.6. The molecule has 40 heavy (non-hydrogen) atoms. The zero-order chi connectivity index (χ0) is 28.8. The number of piperidine rings is 1. The van der Waals surface area contributed by atoms with Gasteiger partial charge < -0.3 is 10.0 Å². The third kappa shape index (κ3) is 5.46. The molecule has 0 amide bonds. The van der Waals surface area contributed by atoms with E-state index in [4.69, 9.17) is 28.3 Å². The molecule has 1 N–H and O–H groups in total. The Morgan fingerprint density at radius 2 is 1.88 bits per heavy atom. The molecule has 6 nitrogen and oxygen atoms in total. The monoisotopic (exact) mass is 588 g/mol. The van der Waals surface area contributed by atoms with Crippen LogP contribution in [0.4, 0.5) is 0 Å². The van der Waals surface area contributed by atoms with E-state index in [0.29, 0.717) is 21.9 Å². The number of hydrogen-bond acceptors (Lipinski definition) is 4. The number of nitrogens with zero attached hydrogens (tertiary/aromatic N) is 4. The van der Waals surface area contributed by atoms with Gasteiger partial charge in [-0.2, -0.15) is 5.10 Å². The number of aromatic nitrogens is 2. The van der Waals surface area contributed by atoms with Crippen LogP contribution >= 0.6 is 23.2 Å². The van der Waals surface area contributed by atoms with Crippen molar-refractivity contribution in [2.75, 3.05) is 26.7 Å². The fourth-order valence-electron chi connectivity index (χ4n) is 8.32. The van der Waals surface area contributed by atoms with Crippen molar-refractivity contribution in [3.8, 4) is 0 Å². The molecule has 2 heterocycles. The van der Waals surface area contributed by atoms with E-state index in [-0.39, 0.29) is 17.4 Å². The normalized spacial score (nSPS) is 25.3. The zero-order valence-electron chi connectivity index (χ0n) is 24.8. The van der Waals surface area contributed by atoms with Gasteiger partial charge in [0.2, 0.25) is 0 Å². The SMILES string of the molecule is CCc1nn(CC)c2c1CCC21CCN(CC2CC(N(C)[C@@H](C(=O)O)C(C)C)C[C@@H]2c2ccc(Cl)c(Cl)c2)CC1. The number of likely N-dealkylation sites (tertiary alicyclic amines) is 1. The molecule has 220 valence electrons. The Hall–Kier alpha value is -1.60. The van der Waals surface area contributed by atoms with Crippen LogP contribution in [0.2, 0.25) is 10.0 Å². The van der Waals surface area contributed by atoms with Crippen LogP contribution in [0, 0.1) is 11.8 Å². The van der Waals surface area contributed by atoms with Gasteiger partial charge in [-0.25, -0.2) is 0 Å². The highest BCUT2D eigenvalue weighted by atomic mass is 35.5. The summed E-state index contributed by atoms with van der Waals surface area (Å²) in [5, 5.41) is 16.1. The first-order valence-electron chi connectivity index (χ1n) is 15.3. The molecule has 1 spiro atoms. The Bertz CT molecular complexity index is 1220. The predicted molar refractivity (Wildman–Crippen MR) is 163 cm³/mol. The Balaban J connectivity index is 1.33. The smallest absolute Gasteiger partial charge is 0.321 e. The van der Waals surface area contributed by atoms with Gasteiger partial charge in [0.1, 0.15) is 6.04 Å². The summed E-state index contributed by atoms with van der Waals surface area (Å²) in [4.78, 5) is 17.0. The molecule has 2 aromatic rings. The van der Waals surface area contributed by atoms with E-state index in [1.165, 1.54) is 48.2 Å². The summed E-state index contributed by atoms with van der Waals surface area (Å²) in [6.07, 6.45) is 7.76. The molecule has 4 atom stereocenters. The second-order valence-corrected chi connectivity index (χ2v) is 13.7. The lowest BCUT2D eigenvalue weighted by atomic mass is 9.75. The average molecular weight is 590 g/mol. The van der Waals surface area contributed by atoms with Crippen LogP contribution in [0.15, 0.2) is 18.2 Å².